The number of rotatable bonds is 3. The van der Waals surface area contributed by atoms with Crippen LogP contribution in [0.2, 0.25) is 0 Å². The van der Waals surface area contributed by atoms with Crippen LogP contribution in [0.5, 0.6) is 0 Å². The monoisotopic (exact) mass is 320 g/mol. The molecule has 0 spiro atoms. The summed E-state index contributed by atoms with van der Waals surface area (Å²) >= 11 is 5.42. The van der Waals surface area contributed by atoms with Crippen molar-refractivity contribution < 1.29 is 18.5 Å². The second-order valence-electron chi connectivity index (χ2n) is 4.37. The van der Waals surface area contributed by atoms with E-state index >= 15 is 0 Å². The SMILES string of the molecule is O=C(Cl)c1cc([N+](=O)[O-])cc2nc(-c3ccccc3F)oc12. The van der Waals surface area contributed by atoms with Crippen molar-refractivity contribution in [2.75, 3.05) is 0 Å². The quantitative estimate of drug-likeness (QED) is 0.414. The van der Waals surface area contributed by atoms with Gasteiger partial charge in [0.25, 0.3) is 10.9 Å². The molecule has 0 saturated carbocycles. The third-order valence-corrected chi connectivity index (χ3v) is 3.21. The first kappa shape index (κ1) is 14.2. The Morgan fingerprint density at radius 3 is 2.68 bits per heavy atom. The fourth-order valence-electron chi connectivity index (χ4n) is 2.02. The third kappa shape index (κ3) is 2.31. The largest absolute Gasteiger partial charge is 0.435 e. The average Bonchev–Trinajstić information content (AvgIpc) is 2.89. The lowest BCUT2D eigenvalue weighted by atomic mass is 10.2. The molecule has 0 aliphatic rings. The lowest BCUT2D eigenvalue weighted by molar-refractivity contribution is -0.384. The number of nitro groups is 1. The summed E-state index contributed by atoms with van der Waals surface area (Å²) in [4.78, 5) is 25.6. The Bertz CT molecular complexity index is 922. The van der Waals surface area contributed by atoms with E-state index in [0.29, 0.717) is 0 Å². The maximum absolute atomic E-state index is 13.8. The normalized spacial score (nSPS) is 10.8. The molecule has 6 nitrogen and oxygen atoms in total. The van der Waals surface area contributed by atoms with Gasteiger partial charge in [0.15, 0.2) is 5.58 Å². The minimum Gasteiger partial charge on any atom is -0.435 e. The molecular weight excluding hydrogens is 315 g/mol. The van der Waals surface area contributed by atoms with Crippen LogP contribution < -0.4 is 0 Å². The van der Waals surface area contributed by atoms with Gasteiger partial charge < -0.3 is 4.42 Å². The van der Waals surface area contributed by atoms with Crippen molar-refractivity contribution >= 4 is 33.6 Å². The van der Waals surface area contributed by atoms with Crippen molar-refractivity contribution in [1.82, 2.24) is 4.98 Å². The Labute approximate surface area is 127 Å². The smallest absolute Gasteiger partial charge is 0.272 e. The number of oxazole rings is 1. The molecule has 1 aromatic heterocycles. The number of carbonyl (C=O) groups excluding carboxylic acids is 1. The van der Waals surface area contributed by atoms with Crippen molar-refractivity contribution in [1.29, 1.82) is 0 Å². The molecule has 0 amide bonds. The molecule has 8 heteroatoms. The van der Waals surface area contributed by atoms with E-state index in [1.165, 1.54) is 18.2 Å². The number of nitro benzene ring substituents is 1. The number of benzene rings is 2. The second kappa shape index (κ2) is 5.19. The van der Waals surface area contributed by atoms with E-state index in [4.69, 9.17) is 16.0 Å². The molecule has 3 rings (SSSR count). The van der Waals surface area contributed by atoms with Gasteiger partial charge in [-0.1, -0.05) is 12.1 Å². The number of aromatic nitrogens is 1. The molecule has 1 heterocycles. The maximum Gasteiger partial charge on any atom is 0.272 e. The molecule has 22 heavy (non-hydrogen) atoms. The molecule has 0 atom stereocenters. The van der Waals surface area contributed by atoms with Gasteiger partial charge in [-0.25, -0.2) is 9.37 Å². The summed E-state index contributed by atoms with van der Waals surface area (Å²) in [5, 5.41) is 9.96. The Hall–Kier alpha value is -2.80. The third-order valence-electron chi connectivity index (χ3n) is 3.00. The van der Waals surface area contributed by atoms with Crippen molar-refractivity contribution in [3.63, 3.8) is 0 Å². The Kier molecular flexibility index (Phi) is 3.34. The first-order valence-corrected chi connectivity index (χ1v) is 6.39. The molecule has 3 aromatic rings. The molecule has 0 fully saturated rings. The summed E-state index contributed by atoms with van der Waals surface area (Å²) < 4.78 is 19.2. The molecule has 2 aromatic carbocycles. The zero-order valence-corrected chi connectivity index (χ0v) is 11.5. The van der Waals surface area contributed by atoms with E-state index in [-0.39, 0.29) is 33.8 Å². The fraction of sp³-hybridized carbons (Fsp3) is 0. The minimum atomic E-state index is -0.926. The van der Waals surface area contributed by atoms with Crippen molar-refractivity contribution in [2.45, 2.75) is 0 Å². The van der Waals surface area contributed by atoms with E-state index in [9.17, 15) is 19.3 Å². The first-order valence-electron chi connectivity index (χ1n) is 6.01. The van der Waals surface area contributed by atoms with Gasteiger partial charge in [-0.05, 0) is 23.7 Å². The van der Waals surface area contributed by atoms with Gasteiger partial charge in [0.2, 0.25) is 5.89 Å². The lowest BCUT2D eigenvalue weighted by Crippen LogP contribution is -1.94. The molecule has 0 aliphatic heterocycles. The van der Waals surface area contributed by atoms with Gasteiger partial charge in [-0.15, -0.1) is 0 Å². The van der Waals surface area contributed by atoms with Crippen molar-refractivity contribution in [3.8, 4) is 11.5 Å². The summed E-state index contributed by atoms with van der Waals surface area (Å²) in [6.45, 7) is 0. The number of hydrogen-bond donors (Lipinski definition) is 0. The molecule has 0 unspecified atom stereocenters. The molecule has 0 radical (unpaired) electrons. The van der Waals surface area contributed by atoms with Crippen LogP contribution >= 0.6 is 11.6 Å². The van der Waals surface area contributed by atoms with Gasteiger partial charge in [-0.2, -0.15) is 0 Å². The van der Waals surface area contributed by atoms with Crippen LogP contribution in [0.15, 0.2) is 40.8 Å². The highest BCUT2D eigenvalue weighted by Gasteiger charge is 2.21. The minimum absolute atomic E-state index is 0.0242. The number of carbonyl (C=O) groups is 1. The number of non-ortho nitro benzene ring substituents is 1. The Morgan fingerprint density at radius 2 is 2.05 bits per heavy atom. The molecule has 0 saturated heterocycles. The summed E-state index contributed by atoms with van der Waals surface area (Å²) in [7, 11) is 0. The molecule has 0 N–H and O–H groups in total. The highest BCUT2D eigenvalue weighted by molar-refractivity contribution is 6.68. The number of hydrogen-bond acceptors (Lipinski definition) is 5. The predicted molar refractivity (Wildman–Crippen MR) is 76.2 cm³/mol. The zero-order valence-electron chi connectivity index (χ0n) is 10.7. The molecular formula is C14H6ClFN2O4. The molecule has 0 aliphatic carbocycles. The number of halogens is 2. The van der Waals surface area contributed by atoms with Crippen LogP contribution in [0.25, 0.3) is 22.6 Å². The summed E-state index contributed by atoms with van der Waals surface area (Å²) in [5.74, 6) is -0.657. The Morgan fingerprint density at radius 1 is 1.32 bits per heavy atom. The highest BCUT2D eigenvalue weighted by Crippen LogP contribution is 2.31. The topological polar surface area (TPSA) is 86.2 Å². The summed E-state index contributed by atoms with van der Waals surface area (Å²) in [6.07, 6.45) is 0. The maximum atomic E-state index is 13.8. The number of fused-ring (bicyclic) bond motifs is 1. The highest BCUT2D eigenvalue weighted by atomic mass is 35.5. The van der Waals surface area contributed by atoms with Crippen LogP contribution in [-0.4, -0.2) is 15.1 Å². The van der Waals surface area contributed by atoms with Crippen LogP contribution in [0.3, 0.4) is 0 Å². The van der Waals surface area contributed by atoms with Gasteiger partial charge in [0.05, 0.1) is 16.1 Å². The van der Waals surface area contributed by atoms with Crippen molar-refractivity contribution in [3.05, 3.63) is 57.9 Å². The van der Waals surface area contributed by atoms with Crippen LogP contribution in [0.1, 0.15) is 10.4 Å². The van der Waals surface area contributed by atoms with Gasteiger partial charge >= 0.3 is 0 Å². The van der Waals surface area contributed by atoms with E-state index < -0.39 is 16.0 Å². The molecule has 0 bridgehead atoms. The van der Waals surface area contributed by atoms with E-state index in [1.54, 1.807) is 6.07 Å². The fourth-order valence-corrected chi connectivity index (χ4v) is 2.16. The standard InChI is InChI=1S/C14H6ClFN2O4/c15-13(19)9-5-7(18(20)21)6-11-12(9)22-14(17-11)8-3-1-2-4-10(8)16/h1-6H. The summed E-state index contributed by atoms with van der Waals surface area (Å²) in [6, 6.07) is 7.88. The van der Waals surface area contributed by atoms with Crippen LogP contribution in [0.4, 0.5) is 10.1 Å². The van der Waals surface area contributed by atoms with E-state index in [2.05, 4.69) is 4.98 Å². The second-order valence-corrected chi connectivity index (χ2v) is 4.71. The number of nitrogens with zero attached hydrogens (tertiary/aromatic N) is 2. The summed E-state index contributed by atoms with van der Waals surface area (Å²) in [5.41, 5.74) is -0.444. The van der Waals surface area contributed by atoms with Gasteiger partial charge in [-0.3, -0.25) is 14.9 Å². The lowest BCUT2D eigenvalue weighted by Gasteiger charge is -1.96. The van der Waals surface area contributed by atoms with E-state index in [1.807, 2.05) is 0 Å². The first-order chi connectivity index (χ1) is 10.5. The van der Waals surface area contributed by atoms with Crippen LogP contribution in [-0.2, 0) is 0 Å². The molecule has 110 valence electrons. The zero-order chi connectivity index (χ0) is 15.9. The van der Waals surface area contributed by atoms with Crippen molar-refractivity contribution in [2.24, 2.45) is 0 Å². The van der Waals surface area contributed by atoms with Gasteiger partial charge in [0.1, 0.15) is 11.3 Å². The average molecular weight is 321 g/mol. The van der Waals surface area contributed by atoms with Gasteiger partial charge in [0, 0.05) is 12.1 Å². The van der Waals surface area contributed by atoms with E-state index in [0.717, 1.165) is 12.1 Å². The Balaban J connectivity index is 2.29. The van der Waals surface area contributed by atoms with Crippen LogP contribution in [0, 0.1) is 15.9 Å². The predicted octanol–water partition coefficient (Wildman–Crippen LogP) is 3.92.